The molecule has 34 heavy (non-hydrogen) atoms. The number of rotatable bonds is 9. The van der Waals surface area contributed by atoms with Crippen molar-refractivity contribution >= 4 is 35.6 Å². The fourth-order valence-electron chi connectivity index (χ4n) is 3.75. The second kappa shape index (κ2) is 9.10. The molecule has 3 heterocycles. The Kier molecular flexibility index (Phi) is 5.84. The molecule has 1 atom stereocenters. The summed E-state index contributed by atoms with van der Waals surface area (Å²) in [6.07, 6.45) is 6.19. The first kappa shape index (κ1) is 21.8. The molecular weight excluding hydrogens is 434 g/mol. The zero-order chi connectivity index (χ0) is 23.7. The van der Waals surface area contributed by atoms with Crippen LogP contribution in [0.3, 0.4) is 0 Å². The molecule has 1 aromatic carbocycles. The van der Waals surface area contributed by atoms with Crippen LogP contribution in [-0.2, 0) is 4.79 Å². The molecule has 1 aliphatic heterocycles. The molecule has 0 bridgehead atoms. The standard InChI is InChI=1S/C23H27N9O2/c1-31(2)11-10-17(14-6-4-3-5-7-14)26-21-28-19-15(12-18-20(33)29-23(34)27-18)13-24-32(19)22(30-21)25-16-8-9-16/h3-7,12-13,16-17H,8-11H2,1-2H3,(H2,25,26,28,30)(H2,27,29,33,34)/b18-12-. The Morgan fingerprint density at radius 2 is 1.97 bits per heavy atom. The lowest BCUT2D eigenvalue weighted by molar-refractivity contribution is -0.115. The number of hydrogen-bond acceptors (Lipinski definition) is 8. The van der Waals surface area contributed by atoms with Crippen molar-refractivity contribution in [2.24, 2.45) is 0 Å². The number of fused-ring (bicyclic) bond motifs is 1. The van der Waals surface area contributed by atoms with E-state index in [0.717, 1.165) is 31.4 Å². The molecule has 2 fully saturated rings. The van der Waals surface area contributed by atoms with Crippen molar-refractivity contribution < 1.29 is 9.59 Å². The molecule has 3 aromatic rings. The molecule has 1 saturated carbocycles. The van der Waals surface area contributed by atoms with Crippen molar-refractivity contribution in [3.63, 3.8) is 0 Å². The van der Waals surface area contributed by atoms with Crippen LogP contribution >= 0.6 is 0 Å². The number of hydrogen-bond donors (Lipinski definition) is 4. The van der Waals surface area contributed by atoms with Crippen LogP contribution in [0.5, 0.6) is 0 Å². The first-order chi connectivity index (χ1) is 16.5. The minimum atomic E-state index is -0.549. The molecule has 1 aliphatic carbocycles. The number of benzene rings is 1. The molecule has 5 rings (SSSR count). The lowest BCUT2D eigenvalue weighted by atomic mass is 10.0. The van der Waals surface area contributed by atoms with Gasteiger partial charge >= 0.3 is 6.03 Å². The number of amides is 3. The number of aromatic nitrogens is 4. The summed E-state index contributed by atoms with van der Waals surface area (Å²) in [6.45, 7) is 0.890. The minimum Gasteiger partial charge on any atom is -0.351 e. The zero-order valence-corrected chi connectivity index (χ0v) is 19.1. The van der Waals surface area contributed by atoms with Crippen molar-refractivity contribution in [2.45, 2.75) is 31.3 Å². The van der Waals surface area contributed by atoms with Gasteiger partial charge in [0.2, 0.25) is 11.9 Å². The summed E-state index contributed by atoms with van der Waals surface area (Å²) in [6, 6.07) is 10.0. The number of imide groups is 1. The van der Waals surface area contributed by atoms with Gasteiger partial charge in [0.25, 0.3) is 5.91 Å². The van der Waals surface area contributed by atoms with Gasteiger partial charge in [-0.05, 0) is 51.5 Å². The van der Waals surface area contributed by atoms with Gasteiger partial charge in [-0.15, -0.1) is 0 Å². The zero-order valence-electron chi connectivity index (χ0n) is 19.1. The molecule has 11 heteroatoms. The third-order valence-corrected chi connectivity index (χ3v) is 5.70. The van der Waals surface area contributed by atoms with Crippen molar-refractivity contribution in [3.8, 4) is 0 Å². The van der Waals surface area contributed by atoms with Crippen LogP contribution in [0.25, 0.3) is 11.7 Å². The van der Waals surface area contributed by atoms with Crippen molar-refractivity contribution in [3.05, 3.63) is 53.4 Å². The van der Waals surface area contributed by atoms with Gasteiger partial charge in [-0.2, -0.15) is 19.6 Å². The first-order valence-electron chi connectivity index (χ1n) is 11.3. The van der Waals surface area contributed by atoms with E-state index in [9.17, 15) is 9.59 Å². The Hall–Kier alpha value is -3.99. The number of urea groups is 1. The van der Waals surface area contributed by atoms with E-state index in [1.165, 1.54) is 0 Å². The first-order valence-corrected chi connectivity index (χ1v) is 11.3. The maximum atomic E-state index is 12.0. The Bertz CT molecular complexity index is 1250. The Morgan fingerprint density at radius 1 is 1.18 bits per heavy atom. The third-order valence-electron chi connectivity index (χ3n) is 5.70. The third kappa shape index (κ3) is 4.84. The van der Waals surface area contributed by atoms with E-state index >= 15 is 0 Å². The van der Waals surface area contributed by atoms with Crippen LogP contribution in [0.2, 0.25) is 0 Å². The van der Waals surface area contributed by atoms with E-state index in [2.05, 4.69) is 43.4 Å². The molecule has 1 saturated heterocycles. The van der Waals surface area contributed by atoms with Crippen LogP contribution in [-0.4, -0.2) is 63.1 Å². The summed E-state index contributed by atoms with van der Waals surface area (Å²) < 4.78 is 1.63. The highest BCUT2D eigenvalue weighted by atomic mass is 16.2. The second-order valence-electron chi connectivity index (χ2n) is 8.79. The van der Waals surface area contributed by atoms with Gasteiger partial charge < -0.3 is 20.9 Å². The smallest absolute Gasteiger partial charge is 0.326 e. The summed E-state index contributed by atoms with van der Waals surface area (Å²) in [5, 5.41) is 16.1. The Morgan fingerprint density at radius 3 is 2.65 bits per heavy atom. The average Bonchev–Trinajstić information content (AvgIpc) is 3.45. The van der Waals surface area contributed by atoms with Crippen molar-refractivity contribution in [2.75, 3.05) is 31.3 Å². The molecule has 3 amide bonds. The number of anilines is 2. The summed E-state index contributed by atoms with van der Waals surface area (Å²) >= 11 is 0. The fraction of sp³-hybridized carbons (Fsp3) is 0.348. The van der Waals surface area contributed by atoms with E-state index < -0.39 is 11.9 Å². The molecule has 0 spiro atoms. The molecule has 11 nitrogen and oxygen atoms in total. The highest BCUT2D eigenvalue weighted by Gasteiger charge is 2.26. The maximum Gasteiger partial charge on any atom is 0.326 e. The second-order valence-corrected chi connectivity index (χ2v) is 8.79. The van der Waals surface area contributed by atoms with Crippen LogP contribution in [0, 0.1) is 0 Å². The van der Waals surface area contributed by atoms with E-state index in [4.69, 9.17) is 9.97 Å². The predicted octanol–water partition coefficient (Wildman–Crippen LogP) is 1.98. The van der Waals surface area contributed by atoms with E-state index in [1.807, 2.05) is 32.3 Å². The van der Waals surface area contributed by atoms with E-state index in [0.29, 0.717) is 29.1 Å². The SMILES string of the molecule is CN(C)CCC(Nc1nc(NC2CC2)n2ncc(/C=C3\NC(=O)NC3=O)c2n1)c1ccccc1. The van der Waals surface area contributed by atoms with Crippen molar-refractivity contribution in [1.82, 2.24) is 35.1 Å². The molecular formula is C23H27N9O2. The van der Waals surface area contributed by atoms with Gasteiger partial charge in [0.1, 0.15) is 5.70 Å². The van der Waals surface area contributed by atoms with Gasteiger partial charge in [0.15, 0.2) is 5.65 Å². The summed E-state index contributed by atoms with van der Waals surface area (Å²) in [5.74, 6) is 0.559. The number of nitrogens with zero attached hydrogens (tertiary/aromatic N) is 5. The van der Waals surface area contributed by atoms with Gasteiger partial charge in [0, 0.05) is 11.6 Å². The predicted molar refractivity (Wildman–Crippen MR) is 128 cm³/mol. The largest absolute Gasteiger partial charge is 0.351 e. The molecule has 2 aromatic heterocycles. The average molecular weight is 462 g/mol. The molecule has 4 N–H and O–H groups in total. The fourth-order valence-corrected chi connectivity index (χ4v) is 3.75. The van der Waals surface area contributed by atoms with Crippen molar-refractivity contribution in [1.29, 1.82) is 0 Å². The lowest BCUT2D eigenvalue weighted by Crippen LogP contribution is -2.22. The monoisotopic (exact) mass is 461 g/mol. The number of nitrogens with one attached hydrogen (secondary N) is 4. The van der Waals surface area contributed by atoms with Gasteiger partial charge in [0.05, 0.1) is 12.2 Å². The van der Waals surface area contributed by atoms with Gasteiger partial charge in [-0.1, -0.05) is 30.3 Å². The van der Waals surface area contributed by atoms with E-state index in [-0.39, 0.29) is 11.7 Å². The summed E-state index contributed by atoms with van der Waals surface area (Å²) in [4.78, 5) is 35.1. The topological polar surface area (TPSA) is 129 Å². The van der Waals surface area contributed by atoms with Crippen LogP contribution < -0.4 is 21.3 Å². The number of carbonyl (C=O) groups is 2. The quantitative estimate of drug-likeness (QED) is 0.281. The van der Waals surface area contributed by atoms with Gasteiger partial charge in [-0.3, -0.25) is 10.1 Å². The molecule has 2 aliphatic rings. The lowest BCUT2D eigenvalue weighted by Gasteiger charge is -2.21. The maximum absolute atomic E-state index is 12.0. The Balaban J connectivity index is 1.52. The van der Waals surface area contributed by atoms with E-state index in [1.54, 1.807) is 16.8 Å². The van der Waals surface area contributed by atoms with Crippen LogP contribution in [0.1, 0.15) is 36.4 Å². The highest BCUT2D eigenvalue weighted by Crippen LogP contribution is 2.27. The molecule has 176 valence electrons. The molecule has 0 radical (unpaired) electrons. The summed E-state index contributed by atoms with van der Waals surface area (Å²) in [5.41, 5.74) is 2.42. The number of carbonyl (C=O) groups excluding carboxylic acids is 2. The van der Waals surface area contributed by atoms with Gasteiger partial charge in [-0.25, -0.2) is 4.79 Å². The summed E-state index contributed by atoms with van der Waals surface area (Å²) in [7, 11) is 4.10. The normalized spacial score (nSPS) is 17.8. The highest BCUT2D eigenvalue weighted by molar-refractivity contribution is 6.14. The Labute approximate surface area is 196 Å². The van der Waals surface area contributed by atoms with Crippen LogP contribution in [0.4, 0.5) is 16.7 Å². The minimum absolute atomic E-state index is 0.00412. The van der Waals surface area contributed by atoms with Crippen LogP contribution in [0.15, 0.2) is 42.2 Å². The molecule has 1 unspecified atom stereocenters.